The van der Waals surface area contributed by atoms with Crippen LogP contribution in [0.4, 0.5) is 0 Å². The van der Waals surface area contributed by atoms with Crippen LogP contribution in [0, 0.1) is 5.92 Å². The van der Waals surface area contributed by atoms with Gasteiger partial charge in [-0.2, -0.15) is 0 Å². The van der Waals surface area contributed by atoms with Gasteiger partial charge in [-0.25, -0.2) is 0 Å². The third-order valence-corrected chi connectivity index (χ3v) is 4.46. The summed E-state index contributed by atoms with van der Waals surface area (Å²) in [5, 5.41) is 0. The van der Waals surface area contributed by atoms with Crippen molar-refractivity contribution in [1.82, 2.24) is 4.90 Å². The van der Waals surface area contributed by atoms with Crippen molar-refractivity contribution in [3.8, 4) is 0 Å². The topological polar surface area (TPSA) is 38.5 Å². The highest BCUT2D eigenvalue weighted by molar-refractivity contribution is 4.93. The van der Waals surface area contributed by atoms with E-state index in [1.54, 1.807) is 0 Å². The maximum Gasteiger partial charge on any atom is 0.0660 e. The Morgan fingerprint density at radius 2 is 1.95 bits per heavy atom. The molecule has 114 valence electrons. The van der Waals surface area contributed by atoms with Gasteiger partial charge in [0.05, 0.1) is 12.1 Å². The van der Waals surface area contributed by atoms with Crippen molar-refractivity contribution in [3.63, 3.8) is 0 Å². The zero-order chi connectivity index (χ0) is 14.3. The molecule has 1 atom stereocenters. The van der Waals surface area contributed by atoms with Gasteiger partial charge in [0.1, 0.15) is 0 Å². The van der Waals surface area contributed by atoms with E-state index in [2.05, 4.69) is 32.6 Å². The normalized spacial score (nSPS) is 20.4. The molecule has 3 heteroatoms. The first-order valence-electron chi connectivity index (χ1n) is 8.08. The smallest absolute Gasteiger partial charge is 0.0660 e. The standard InChI is InChI=1S/C16H34N2O/c1-5-19-13-16(4,12-17)18(11-10-14(2)3)15-8-6-7-9-15/h14-15H,5-13,17H2,1-4H3. The van der Waals surface area contributed by atoms with Gasteiger partial charge in [-0.3, -0.25) is 4.90 Å². The van der Waals surface area contributed by atoms with Crippen LogP contribution in [0.2, 0.25) is 0 Å². The first kappa shape index (κ1) is 16.9. The van der Waals surface area contributed by atoms with Crippen molar-refractivity contribution in [2.24, 2.45) is 11.7 Å². The van der Waals surface area contributed by atoms with Gasteiger partial charge in [0.2, 0.25) is 0 Å². The monoisotopic (exact) mass is 270 g/mol. The van der Waals surface area contributed by atoms with Crippen LogP contribution in [-0.4, -0.2) is 42.8 Å². The van der Waals surface area contributed by atoms with Crippen molar-refractivity contribution in [2.45, 2.75) is 71.4 Å². The predicted octanol–water partition coefficient (Wildman–Crippen LogP) is 3.03. The minimum Gasteiger partial charge on any atom is -0.380 e. The summed E-state index contributed by atoms with van der Waals surface area (Å²) in [5.41, 5.74) is 6.10. The number of rotatable bonds is 9. The number of nitrogens with zero attached hydrogens (tertiary/aromatic N) is 1. The summed E-state index contributed by atoms with van der Waals surface area (Å²) in [5.74, 6) is 0.748. The van der Waals surface area contributed by atoms with E-state index < -0.39 is 0 Å². The van der Waals surface area contributed by atoms with Crippen LogP contribution in [0.25, 0.3) is 0 Å². The van der Waals surface area contributed by atoms with E-state index in [1.807, 2.05) is 0 Å². The van der Waals surface area contributed by atoms with Gasteiger partial charge in [0.25, 0.3) is 0 Å². The van der Waals surface area contributed by atoms with Crippen molar-refractivity contribution >= 4 is 0 Å². The third kappa shape index (κ3) is 5.05. The molecule has 1 aliphatic carbocycles. The first-order chi connectivity index (χ1) is 9.03. The van der Waals surface area contributed by atoms with Gasteiger partial charge in [0, 0.05) is 19.2 Å². The van der Waals surface area contributed by atoms with E-state index in [0.29, 0.717) is 12.6 Å². The fourth-order valence-electron chi connectivity index (χ4n) is 3.09. The van der Waals surface area contributed by atoms with Crippen LogP contribution in [0.1, 0.15) is 59.8 Å². The highest BCUT2D eigenvalue weighted by Crippen LogP contribution is 2.30. The lowest BCUT2D eigenvalue weighted by Gasteiger charge is -2.44. The van der Waals surface area contributed by atoms with Crippen LogP contribution in [-0.2, 0) is 4.74 Å². The molecular formula is C16H34N2O. The summed E-state index contributed by atoms with van der Waals surface area (Å²) in [4.78, 5) is 2.66. The quantitative estimate of drug-likeness (QED) is 0.700. The molecule has 0 aromatic rings. The maximum absolute atomic E-state index is 6.10. The zero-order valence-electron chi connectivity index (χ0n) is 13.5. The van der Waals surface area contributed by atoms with E-state index in [9.17, 15) is 0 Å². The summed E-state index contributed by atoms with van der Waals surface area (Å²) in [6, 6.07) is 0.716. The molecule has 3 nitrogen and oxygen atoms in total. The molecule has 0 aromatic heterocycles. The Labute approximate surface area is 119 Å². The molecule has 1 saturated carbocycles. The molecule has 1 fully saturated rings. The third-order valence-electron chi connectivity index (χ3n) is 4.46. The average Bonchev–Trinajstić information content (AvgIpc) is 2.90. The second-order valence-electron chi connectivity index (χ2n) is 6.65. The minimum absolute atomic E-state index is 0.0000926. The molecule has 0 saturated heterocycles. The lowest BCUT2D eigenvalue weighted by Crippen LogP contribution is -2.58. The first-order valence-corrected chi connectivity index (χ1v) is 8.08. The zero-order valence-corrected chi connectivity index (χ0v) is 13.5. The molecule has 2 N–H and O–H groups in total. The van der Waals surface area contributed by atoms with E-state index in [-0.39, 0.29) is 5.54 Å². The fraction of sp³-hybridized carbons (Fsp3) is 1.00. The second kappa shape index (κ2) is 8.23. The van der Waals surface area contributed by atoms with Crippen molar-refractivity contribution in [3.05, 3.63) is 0 Å². The molecular weight excluding hydrogens is 236 g/mol. The van der Waals surface area contributed by atoms with Crippen LogP contribution in [0.5, 0.6) is 0 Å². The Morgan fingerprint density at radius 1 is 1.32 bits per heavy atom. The molecule has 0 heterocycles. The lowest BCUT2D eigenvalue weighted by molar-refractivity contribution is -0.0148. The van der Waals surface area contributed by atoms with Gasteiger partial charge in [-0.1, -0.05) is 26.7 Å². The Kier molecular flexibility index (Phi) is 7.33. The number of ether oxygens (including phenoxy) is 1. The van der Waals surface area contributed by atoms with Crippen LogP contribution in [0.3, 0.4) is 0 Å². The summed E-state index contributed by atoms with van der Waals surface area (Å²) < 4.78 is 5.72. The Morgan fingerprint density at radius 3 is 2.42 bits per heavy atom. The molecule has 0 bridgehead atoms. The molecule has 1 rings (SSSR count). The average molecular weight is 270 g/mol. The molecule has 1 aliphatic rings. The predicted molar refractivity (Wildman–Crippen MR) is 82.4 cm³/mol. The van der Waals surface area contributed by atoms with Crippen molar-refractivity contribution in [1.29, 1.82) is 0 Å². The Hall–Kier alpha value is -0.120. The summed E-state index contributed by atoms with van der Waals surface area (Å²) in [6.45, 7) is 12.3. The second-order valence-corrected chi connectivity index (χ2v) is 6.65. The SMILES string of the molecule is CCOCC(C)(CN)N(CCC(C)C)C1CCCC1. The highest BCUT2D eigenvalue weighted by atomic mass is 16.5. The molecule has 0 radical (unpaired) electrons. The molecule has 19 heavy (non-hydrogen) atoms. The van der Waals surface area contributed by atoms with Gasteiger partial charge in [-0.15, -0.1) is 0 Å². The number of nitrogens with two attached hydrogens (primary N) is 1. The summed E-state index contributed by atoms with van der Waals surface area (Å²) >= 11 is 0. The summed E-state index contributed by atoms with van der Waals surface area (Å²) in [7, 11) is 0. The molecule has 0 aliphatic heterocycles. The fourth-order valence-corrected chi connectivity index (χ4v) is 3.09. The molecule has 0 aromatic carbocycles. The highest BCUT2D eigenvalue weighted by Gasteiger charge is 2.36. The van der Waals surface area contributed by atoms with Gasteiger partial charge in [0.15, 0.2) is 0 Å². The maximum atomic E-state index is 6.10. The van der Waals surface area contributed by atoms with E-state index in [0.717, 1.165) is 25.7 Å². The summed E-state index contributed by atoms with van der Waals surface area (Å²) in [6.07, 6.45) is 6.66. The van der Waals surface area contributed by atoms with Crippen molar-refractivity contribution < 1.29 is 4.74 Å². The van der Waals surface area contributed by atoms with E-state index >= 15 is 0 Å². The molecule has 1 unspecified atom stereocenters. The number of hydrogen-bond acceptors (Lipinski definition) is 3. The lowest BCUT2D eigenvalue weighted by atomic mass is 9.96. The Balaban J connectivity index is 2.72. The molecule has 0 amide bonds. The van der Waals surface area contributed by atoms with Gasteiger partial charge < -0.3 is 10.5 Å². The Bertz CT molecular complexity index is 239. The van der Waals surface area contributed by atoms with E-state index in [1.165, 1.54) is 32.1 Å². The van der Waals surface area contributed by atoms with Gasteiger partial charge in [-0.05, 0) is 45.6 Å². The van der Waals surface area contributed by atoms with Gasteiger partial charge >= 0.3 is 0 Å². The number of hydrogen-bond donors (Lipinski definition) is 1. The van der Waals surface area contributed by atoms with Crippen LogP contribution >= 0.6 is 0 Å². The minimum atomic E-state index is -0.0000926. The van der Waals surface area contributed by atoms with Crippen LogP contribution < -0.4 is 5.73 Å². The van der Waals surface area contributed by atoms with E-state index in [4.69, 9.17) is 10.5 Å². The molecule has 0 spiro atoms. The van der Waals surface area contributed by atoms with Crippen molar-refractivity contribution in [2.75, 3.05) is 26.3 Å². The van der Waals surface area contributed by atoms with Crippen LogP contribution in [0.15, 0.2) is 0 Å². The largest absolute Gasteiger partial charge is 0.380 e.